The van der Waals surface area contributed by atoms with Crippen molar-refractivity contribution in [1.82, 2.24) is 35.0 Å². The standard InChI is InChI=1S/C22H23F4N7O2/c1-2-21(34)31-7-8-32-18(10-20(29-32)33-17-5-6-27-11-16(17)28-30-33)14(12-31)13-3-4-19(15(23)9-13)35-22(24,25)26/h3-4,9-10,14,27H,2,5-8,11-12H2,1H3. The lowest BCUT2D eigenvalue weighted by atomic mass is 9.94. The van der Waals surface area contributed by atoms with Gasteiger partial charge in [-0.05, 0) is 17.7 Å². The van der Waals surface area contributed by atoms with Crippen molar-refractivity contribution in [2.45, 2.75) is 45.1 Å². The first-order chi connectivity index (χ1) is 16.7. The number of aromatic nitrogens is 5. The monoisotopic (exact) mass is 493 g/mol. The quantitative estimate of drug-likeness (QED) is 0.562. The minimum atomic E-state index is -5.00. The molecule has 1 atom stereocenters. The number of halogens is 4. The van der Waals surface area contributed by atoms with Gasteiger partial charge in [0.15, 0.2) is 17.4 Å². The zero-order valence-corrected chi connectivity index (χ0v) is 18.8. The van der Waals surface area contributed by atoms with Crippen molar-refractivity contribution >= 4 is 5.91 Å². The number of nitrogens with one attached hydrogen (secondary N) is 1. The molecule has 13 heteroatoms. The first kappa shape index (κ1) is 23.3. The van der Waals surface area contributed by atoms with Gasteiger partial charge in [0.2, 0.25) is 5.91 Å². The van der Waals surface area contributed by atoms with Crippen molar-refractivity contribution in [2.75, 3.05) is 19.6 Å². The van der Waals surface area contributed by atoms with Crippen molar-refractivity contribution in [2.24, 2.45) is 0 Å². The highest BCUT2D eigenvalue weighted by molar-refractivity contribution is 5.76. The smallest absolute Gasteiger partial charge is 0.403 e. The van der Waals surface area contributed by atoms with E-state index >= 15 is 0 Å². The Morgan fingerprint density at radius 2 is 2.09 bits per heavy atom. The summed E-state index contributed by atoms with van der Waals surface area (Å²) in [5, 5.41) is 16.4. The maximum absolute atomic E-state index is 14.6. The average Bonchev–Trinajstić information content (AvgIpc) is 3.39. The molecule has 1 N–H and O–H groups in total. The Balaban J connectivity index is 1.54. The molecule has 0 radical (unpaired) electrons. The highest BCUT2D eigenvalue weighted by Gasteiger charge is 2.34. The van der Waals surface area contributed by atoms with Crippen LogP contribution in [0.5, 0.6) is 5.75 Å². The van der Waals surface area contributed by atoms with E-state index in [1.807, 2.05) is 6.07 Å². The summed E-state index contributed by atoms with van der Waals surface area (Å²) in [5.74, 6) is -2.09. The van der Waals surface area contributed by atoms with E-state index < -0.39 is 23.8 Å². The number of amides is 1. The summed E-state index contributed by atoms with van der Waals surface area (Å²) in [6.07, 6.45) is -3.97. The summed E-state index contributed by atoms with van der Waals surface area (Å²) in [6, 6.07) is 5.18. The van der Waals surface area contributed by atoms with Gasteiger partial charge in [0.05, 0.1) is 17.9 Å². The van der Waals surface area contributed by atoms with E-state index in [4.69, 9.17) is 5.10 Å². The van der Waals surface area contributed by atoms with Gasteiger partial charge in [-0.3, -0.25) is 9.48 Å². The molecular formula is C22H23F4N7O2. The van der Waals surface area contributed by atoms with Crippen LogP contribution in [-0.4, -0.2) is 61.6 Å². The molecule has 0 bridgehead atoms. The zero-order chi connectivity index (χ0) is 24.7. The molecule has 1 amide bonds. The molecule has 186 valence electrons. The molecular weight excluding hydrogens is 470 g/mol. The van der Waals surface area contributed by atoms with Crippen LogP contribution < -0.4 is 10.1 Å². The molecule has 35 heavy (non-hydrogen) atoms. The van der Waals surface area contributed by atoms with E-state index in [0.717, 1.165) is 36.5 Å². The fourth-order valence-corrected chi connectivity index (χ4v) is 4.59. The second kappa shape index (κ2) is 8.95. The molecule has 2 aliphatic heterocycles. The third-order valence-corrected chi connectivity index (χ3v) is 6.27. The summed E-state index contributed by atoms with van der Waals surface area (Å²) in [5.41, 5.74) is 2.91. The van der Waals surface area contributed by atoms with Gasteiger partial charge < -0.3 is 15.0 Å². The third kappa shape index (κ3) is 4.59. The van der Waals surface area contributed by atoms with E-state index in [0.29, 0.717) is 43.1 Å². The number of alkyl halides is 3. The van der Waals surface area contributed by atoms with E-state index in [-0.39, 0.29) is 12.5 Å². The van der Waals surface area contributed by atoms with Gasteiger partial charge >= 0.3 is 6.36 Å². The van der Waals surface area contributed by atoms with Crippen molar-refractivity contribution in [3.8, 4) is 11.6 Å². The van der Waals surface area contributed by atoms with Crippen molar-refractivity contribution < 1.29 is 27.1 Å². The Hall–Kier alpha value is -3.48. The zero-order valence-electron chi connectivity index (χ0n) is 18.8. The van der Waals surface area contributed by atoms with Gasteiger partial charge in [-0.15, -0.1) is 18.3 Å². The summed E-state index contributed by atoms with van der Waals surface area (Å²) in [4.78, 5) is 14.2. The Bertz CT molecular complexity index is 1250. The van der Waals surface area contributed by atoms with E-state index in [9.17, 15) is 22.4 Å². The van der Waals surface area contributed by atoms with Gasteiger partial charge in [0.25, 0.3) is 0 Å². The molecule has 0 saturated heterocycles. The third-order valence-electron chi connectivity index (χ3n) is 6.27. The molecule has 4 heterocycles. The Kier molecular flexibility index (Phi) is 5.95. The number of carbonyl (C=O) groups excluding carboxylic acids is 1. The molecule has 0 aliphatic carbocycles. The number of hydrogen-bond acceptors (Lipinski definition) is 6. The van der Waals surface area contributed by atoms with Gasteiger partial charge in [-0.2, -0.15) is 9.78 Å². The lowest BCUT2D eigenvalue weighted by molar-refractivity contribution is -0.275. The Morgan fingerprint density at radius 1 is 1.26 bits per heavy atom. The molecule has 0 fully saturated rings. The largest absolute Gasteiger partial charge is 0.573 e. The molecule has 1 unspecified atom stereocenters. The van der Waals surface area contributed by atoms with Crippen molar-refractivity contribution in [1.29, 1.82) is 0 Å². The Labute approximate surface area is 197 Å². The minimum Gasteiger partial charge on any atom is -0.403 e. The van der Waals surface area contributed by atoms with Crippen LogP contribution in [0.4, 0.5) is 17.6 Å². The number of ether oxygens (including phenoxy) is 1. The molecule has 2 aromatic heterocycles. The van der Waals surface area contributed by atoms with Crippen LogP contribution in [0.1, 0.15) is 41.9 Å². The maximum atomic E-state index is 14.6. The number of fused-ring (bicyclic) bond motifs is 2. The van der Waals surface area contributed by atoms with Crippen LogP contribution in [0, 0.1) is 5.82 Å². The van der Waals surface area contributed by atoms with Crippen LogP contribution >= 0.6 is 0 Å². The summed E-state index contributed by atoms with van der Waals surface area (Å²) in [6.45, 7) is 4.20. The van der Waals surface area contributed by atoms with Crippen LogP contribution in [0.2, 0.25) is 0 Å². The topological polar surface area (TPSA) is 90.1 Å². The van der Waals surface area contributed by atoms with E-state index in [2.05, 4.69) is 20.4 Å². The van der Waals surface area contributed by atoms with Crippen LogP contribution in [-0.2, 0) is 24.3 Å². The Morgan fingerprint density at radius 3 is 2.83 bits per heavy atom. The number of rotatable bonds is 4. The number of hydrogen-bond donors (Lipinski definition) is 1. The summed E-state index contributed by atoms with van der Waals surface area (Å²) in [7, 11) is 0. The van der Waals surface area contributed by atoms with Gasteiger partial charge in [-0.1, -0.05) is 18.2 Å². The second-order valence-corrected chi connectivity index (χ2v) is 8.46. The molecule has 3 aromatic rings. The highest BCUT2D eigenvalue weighted by Crippen LogP contribution is 2.34. The lowest BCUT2D eigenvalue weighted by Crippen LogP contribution is -2.34. The normalized spacial score (nSPS) is 18.1. The lowest BCUT2D eigenvalue weighted by Gasteiger charge is -2.24. The average molecular weight is 493 g/mol. The minimum absolute atomic E-state index is 0.0729. The fraction of sp³-hybridized carbons (Fsp3) is 0.455. The maximum Gasteiger partial charge on any atom is 0.573 e. The second-order valence-electron chi connectivity index (χ2n) is 8.46. The summed E-state index contributed by atoms with van der Waals surface area (Å²) < 4.78 is 59.6. The summed E-state index contributed by atoms with van der Waals surface area (Å²) >= 11 is 0. The van der Waals surface area contributed by atoms with Crippen LogP contribution in [0.15, 0.2) is 24.3 Å². The predicted molar refractivity (Wildman–Crippen MR) is 114 cm³/mol. The van der Waals surface area contributed by atoms with Crippen molar-refractivity contribution in [3.05, 3.63) is 52.7 Å². The number of benzene rings is 1. The number of carbonyl (C=O) groups is 1. The molecule has 0 spiro atoms. The SMILES string of the molecule is CCC(=O)N1CCn2nc(-n3nnc4c3CCNC4)cc2C(c2ccc(OC(F)(F)F)c(F)c2)C1. The fourth-order valence-electron chi connectivity index (χ4n) is 4.59. The molecule has 9 nitrogen and oxygen atoms in total. The first-order valence-electron chi connectivity index (χ1n) is 11.3. The van der Waals surface area contributed by atoms with Crippen molar-refractivity contribution in [3.63, 3.8) is 0 Å². The highest BCUT2D eigenvalue weighted by atomic mass is 19.4. The molecule has 5 rings (SSSR count). The van der Waals surface area contributed by atoms with Gasteiger partial charge in [0.1, 0.15) is 5.69 Å². The van der Waals surface area contributed by atoms with E-state index in [1.165, 1.54) is 6.07 Å². The number of nitrogens with zero attached hydrogens (tertiary/aromatic N) is 6. The van der Waals surface area contributed by atoms with Gasteiger partial charge in [-0.25, -0.2) is 4.39 Å². The van der Waals surface area contributed by atoms with Crippen LogP contribution in [0.3, 0.4) is 0 Å². The molecule has 0 saturated carbocycles. The van der Waals surface area contributed by atoms with Gasteiger partial charge in [0, 0.05) is 51.0 Å². The molecule has 2 aliphatic rings. The van der Waals surface area contributed by atoms with E-state index in [1.54, 1.807) is 21.2 Å². The molecule has 1 aromatic carbocycles. The van der Waals surface area contributed by atoms with Crippen LogP contribution in [0.25, 0.3) is 5.82 Å². The first-order valence-corrected chi connectivity index (χ1v) is 11.3. The predicted octanol–water partition coefficient (Wildman–Crippen LogP) is 2.53.